The third-order valence-corrected chi connectivity index (χ3v) is 4.36. The van der Waals surface area contributed by atoms with Crippen molar-refractivity contribution in [2.75, 3.05) is 44.3 Å². The van der Waals surface area contributed by atoms with E-state index in [0.29, 0.717) is 6.10 Å². The van der Waals surface area contributed by atoms with E-state index in [1.54, 1.807) is 0 Å². The second-order valence-electron chi connectivity index (χ2n) is 4.65. The highest BCUT2D eigenvalue weighted by atomic mass is 32.2. The minimum absolute atomic E-state index is 0.418. The van der Waals surface area contributed by atoms with Crippen LogP contribution in [0.1, 0.15) is 19.8 Å². The maximum Gasteiger partial charge on any atom is 0.0826 e. The van der Waals surface area contributed by atoms with E-state index in [1.807, 2.05) is 11.8 Å². The summed E-state index contributed by atoms with van der Waals surface area (Å²) in [6, 6.07) is 0.729. The summed E-state index contributed by atoms with van der Waals surface area (Å²) in [7, 11) is 0. The largest absolute Gasteiger partial charge is 0.374 e. The highest BCUT2D eigenvalue weighted by Gasteiger charge is 2.31. The smallest absolute Gasteiger partial charge is 0.0826 e. The van der Waals surface area contributed by atoms with Gasteiger partial charge in [0.1, 0.15) is 0 Å². The Morgan fingerprint density at radius 3 is 3.31 bits per heavy atom. The number of hydrogen-bond acceptors (Lipinski definition) is 4. The van der Waals surface area contributed by atoms with Crippen molar-refractivity contribution in [3.63, 3.8) is 0 Å². The Balaban J connectivity index is 1.56. The molecular weight excluding hydrogens is 220 g/mol. The summed E-state index contributed by atoms with van der Waals surface area (Å²) >= 11 is 2.00. The Morgan fingerprint density at radius 2 is 2.44 bits per heavy atom. The number of thioether (sulfide) groups is 1. The lowest BCUT2D eigenvalue weighted by atomic mass is 10.2. The lowest BCUT2D eigenvalue weighted by Gasteiger charge is -2.35. The maximum atomic E-state index is 5.89. The molecule has 0 bridgehead atoms. The summed E-state index contributed by atoms with van der Waals surface area (Å²) in [6.45, 7) is 7.72. The highest BCUT2D eigenvalue weighted by molar-refractivity contribution is 7.99. The van der Waals surface area contributed by atoms with Gasteiger partial charge in [-0.3, -0.25) is 4.90 Å². The molecule has 16 heavy (non-hydrogen) atoms. The summed E-state index contributed by atoms with van der Waals surface area (Å²) < 4.78 is 5.89. The Bertz CT molecular complexity index is 203. The van der Waals surface area contributed by atoms with Gasteiger partial charge in [0.05, 0.1) is 12.7 Å². The first-order chi connectivity index (χ1) is 7.90. The minimum atomic E-state index is 0.418. The summed E-state index contributed by atoms with van der Waals surface area (Å²) in [6.07, 6.45) is 3.12. The van der Waals surface area contributed by atoms with E-state index < -0.39 is 0 Å². The van der Waals surface area contributed by atoms with Gasteiger partial charge in [0, 0.05) is 31.4 Å². The molecule has 0 aromatic heterocycles. The zero-order valence-electron chi connectivity index (χ0n) is 10.3. The Hall–Kier alpha value is 0.230. The lowest BCUT2D eigenvalue weighted by Crippen LogP contribution is -2.49. The van der Waals surface area contributed by atoms with Gasteiger partial charge < -0.3 is 10.1 Å². The first-order valence-corrected chi connectivity index (χ1v) is 7.69. The summed E-state index contributed by atoms with van der Waals surface area (Å²) in [5.41, 5.74) is 0. The third kappa shape index (κ3) is 3.62. The molecule has 0 aliphatic carbocycles. The molecule has 4 heteroatoms. The molecule has 2 unspecified atom stereocenters. The van der Waals surface area contributed by atoms with Gasteiger partial charge in [-0.1, -0.05) is 6.92 Å². The normalized spacial score (nSPS) is 30.6. The molecular formula is C12H24N2OS. The molecule has 0 aromatic rings. The van der Waals surface area contributed by atoms with Crippen molar-refractivity contribution in [1.82, 2.24) is 10.2 Å². The molecule has 0 spiro atoms. The number of fused-ring (bicyclic) bond motifs is 1. The van der Waals surface area contributed by atoms with Crippen LogP contribution in [0.3, 0.4) is 0 Å². The van der Waals surface area contributed by atoms with Crippen molar-refractivity contribution >= 4 is 11.8 Å². The average Bonchev–Trinajstić information content (AvgIpc) is 2.76. The number of hydrogen-bond donors (Lipinski definition) is 1. The van der Waals surface area contributed by atoms with Gasteiger partial charge in [0.2, 0.25) is 0 Å². The predicted molar refractivity (Wildman–Crippen MR) is 70.2 cm³/mol. The minimum Gasteiger partial charge on any atom is -0.374 e. The molecule has 1 N–H and O–H groups in total. The maximum absolute atomic E-state index is 5.89. The van der Waals surface area contributed by atoms with E-state index in [1.165, 1.54) is 30.9 Å². The molecule has 2 heterocycles. The van der Waals surface area contributed by atoms with Gasteiger partial charge in [0.25, 0.3) is 0 Å². The van der Waals surface area contributed by atoms with Crippen molar-refractivity contribution in [2.45, 2.75) is 31.9 Å². The van der Waals surface area contributed by atoms with Gasteiger partial charge >= 0.3 is 0 Å². The van der Waals surface area contributed by atoms with Crippen LogP contribution in [-0.2, 0) is 4.74 Å². The number of nitrogens with one attached hydrogen (secondary N) is 1. The first-order valence-electron chi connectivity index (χ1n) is 6.54. The average molecular weight is 244 g/mol. The Kier molecular flexibility index (Phi) is 5.42. The van der Waals surface area contributed by atoms with Crippen LogP contribution >= 0.6 is 11.8 Å². The van der Waals surface area contributed by atoms with Gasteiger partial charge in [-0.05, 0) is 25.1 Å². The van der Waals surface area contributed by atoms with E-state index >= 15 is 0 Å². The topological polar surface area (TPSA) is 24.5 Å². The molecule has 0 saturated carbocycles. The molecule has 2 fully saturated rings. The Labute approximate surface area is 103 Å². The fourth-order valence-electron chi connectivity index (χ4n) is 2.56. The molecule has 0 radical (unpaired) electrons. The monoisotopic (exact) mass is 244 g/mol. The zero-order chi connectivity index (χ0) is 11.2. The van der Waals surface area contributed by atoms with Crippen LogP contribution in [0.4, 0.5) is 0 Å². The number of ether oxygens (including phenoxy) is 1. The van der Waals surface area contributed by atoms with Crippen LogP contribution in [-0.4, -0.2) is 61.3 Å². The van der Waals surface area contributed by atoms with Crippen LogP contribution in [0.2, 0.25) is 0 Å². The molecule has 0 amide bonds. The van der Waals surface area contributed by atoms with E-state index in [-0.39, 0.29) is 0 Å². The number of rotatable bonds is 6. The zero-order valence-corrected chi connectivity index (χ0v) is 11.1. The quantitative estimate of drug-likeness (QED) is 0.710. The van der Waals surface area contributed by atoms with Gasteiger partial charge in [0.15, 0.2) is 0 Å². The van der Waals surface area contributed by atoms with Gasteiger partial charge in [-0.15, -0.1) is 0 Å². The molecule has 0 aromatic carbocycles. The Morgan fingerprint density at radius 1 is 1.50 bits per heavy atom. The van der Waals surface area contributed by atoms with Crippen molar-refractivity contribution in [2.24, 2.45) is 0 Å². The van der Waals surface area contributed by atoms with Crippen LogP contribution in [0.15, 0.2) is 0 Å². The van der Waals surface area contributed by atoms with Crippen LogP contribution in [0.5, 0.6) is 0 Å². The first kappa shape index (κ1) is 12.7. The highest BCUT2D eigenvalue weighted by Crippen LogP contribution is 2.22. The molecule has 94 valence electrons. The molecule has 2 aliphatic heterocycles. The molecule has 3 nitrogen and oxygen atoms in total. The standard InChI is InChI=1S/C12H24N2OS/c1-2-16-7-5-13-8-12-9-14-6-3-4-11(14)10-15-12/h11-13H,2-10H2,1H3. The second kappa shape index (κ2) is 6.84. The third-order valence-electron chi connectivity index (χ3n) is 3.46. The van der Waals surface area contributed by atoms with E-state index in [9.17, 15) is 0 Å². The van der Waals surface area contributed by atoms with E-state index in [2.05, 4.69) is 17.1 Å². The van der Waals surface area contributed by atoms with Crippen LogP contribution in [0, 0.1) is 0 Å². The van der Waals surface area contributed by atoms with Crippen molar-refractivity contribution in [1.29, 1.82) is 0 Å². The molecule has 2 atom stereocenters. The predicted octanol–water partition coefficient (Wildman–Crippen LogP) is 1.19. The number of nitrogens with zero attached hydrogens (tertiary/aromatic N) is 1. The summed E-state index contributed by atoms with van der Waals surface area (Å²) in [5.74, 6) is 2.44. The SMILES string of the molecule is CCSCCNCC1CN2CCCC2CO1. The number of morpholine rings is 1. The van der Waals surface area contributed by atoms with Gasteiger partial charge in [-0.2, -0.15) is 11.8 Å². The summed E-state index contributed by atoms with van der Waals surface area (Å²) in [4.78, 5) is 2.61. The van der Waals surface area contributed by atoms with Crippen molar-refractivity contribution in [3.05, 3.63) is 0 Å². The van der Waals surface area contributed by atoms with Crippen LogP contribution in [0.25, 0.3) is 0 Å². The van der Waals surface area contributed by atoms with Gasteiger partial charge in [-0.25, -0.2) is 0 Å². The summed E-state index contributed by atoms with van der Waals surface area (Å²) in [5, 5.41) is 3.50. The fourth-order valence-corrected chi connectivity index (χ4v) is 3.14. The second-order valence-corrected chi connectivity index (χ2v) is 6.04. The van der Waals surface area contributed by atoms with Crippen molar-refractivity contribution in [3.8, 4) is 0 Å². The van der Waals surface area contributed by atoms with E-state index in [0.717, 1.165) is 32.3 Å². The molecule has 2 aliphatic rings. The van der Waals surface area contributed by atoms with Crippen molar-refractivity contribution < 1.29 is 4.74 Å². The van der Waals surface area contributed by atoms with Crippen LogP contribution < -0.4 is 5.32 Å². The molecule has 2 saturated heterocycles. The van der Waals surface area contributed by atoms with E-state index in [4.69, 9.17) is 4.74 Å². The molecule has 2 rings (SSSR count). The lowest BCUT2D eigenvalue weighted by molar-refractivity contribution is -0.0466. The fraction of sp³-hybridized carbons (Fsp3) is 1.00.